The Balaban J connectivity index is 2.29. The van der Waals surface area contributed by atoms with Crippen molar-refractivity contribution in [3.63, 3.8) is 0 Å². The third-order valence-electron chi connectivity index (χ3n) is 5.02. The van der Waals surface area contributed by atoms with Gasteiger partial charge in [0.1, 0.15) is 6.04 Å². The van der Waals surface area contributed by atoms with E-state index in [0.29, 0.717) is 6.61 Å². The van der Waals surface area contributed by atoms with Crippen molar-refractivity contribution in [2.75, 3.05) is 13.7 Å². The van der Waals surface area contributed by atoms with Crippen molar-refractivity contribution in [1.82, 2.24) is 5.32 Å². The molecule has 1 aromatic rings. The summed E-state index contributed by atoms with van der Waals surface area (Å²) in [4.78, 5) is 24.6. The SMILES string of the molecule is COCCC(NC(=O)C1(c2ccccc2C)CCCCC1)C(=O)O. The third kappa shape index (κ3) is 3.96. The highest BCUT2D eigenvalue weighted by molar-refractivity contribution is 5.92. The molecule has 2 rings (SSSR count). The molecule has 0 aromatic heterocycles. The van der Waals surface area contributed by atoms with Gasteiger partial charge < -0.3 is 15.2 Å². The molecule has 5 nitrogen and oxygen atoms in total. The van der Waals surface area contributed by atoms with Crippen LogP contribution in [0.2, 0.25) is 0 Å². The van der Waals surface area contributed by atoms with Crippen molar-refractivity contribution < 1.29 is 19.4 Å². The van der Waals surface area contributed by atoms with Gasteiger partial charge in [-0.1, -0.05) is 43.5 Å². The van der Waals surface area contributed by atoms with Gasteiger partial charge in [-0.3, -0.25) is 4.79 Å². The molecule has 0 saturated heterocycles. The van der Waals surface area contributed by atoms with Crippen molar-refractivity contribution in [2.45, 2.75) is 56.9 Å². The van der Waals surface area contributed by atoms with E-state index >= 15 is 0 Å². The van der Waals surface area contributed by atoms with Crippen LogP contribution in [-0.2, 0) is 19.7 Å². The predicted octanol–water partition coefficient (Wildman–Crippen LogP) is 2.80. The van der Waals surface area contributed by atoms with Crippen LogP contribution in [0.1, 0.15) is 49.7 Å². The van der Waals surface area contributed by atoms with Gasteiger partial charge in [-0.05, 0) is 30.9 Å². The number of benzene rings is 1. The maximum Gasteiger partial charge on any atom is 0.326 e. The average Bonchev–Trinajstić information content (AvgIpc) is 2.59. The molecule has 1 fully saturated rings. The number of carbonyl (C=O) groups excluding carboxylic acids is 1. The molecule has 0 spiro atoms. The van der Waals surface area contributed by atoms with E-state index in [-0.39, 0.29) is 12.3 Å². The molecule has 2 N–H and O–H groups in total. The van der Waals surface area contributed by atoms with Crippen LogP contribution in [0.25, 0.3) is 0 Å². The predicted molar refractivity (Wildman–Crippen MR) is 92.0 cm³/mol. The Hall–Kier alpha value is -1.88. The van der Waals surface area contributed by atoms with E-state index in [1.165, 1.54) is 7.11 Å². The zero-order valence-corrected chi connectivity index (χ0v) is 14.5. The maximum atomic E-state index is 13.1. The molecule has 1 aromatic carbocycles. The number of ether oxygens (including phenoxy) is 1. The molecule has 1 aliphatic rings. The number of aryl methyl sites for hydroxylation is 1. The normalized spacial score (nSPS) is 17.9. The maximum absolute atomic E-state index is 13.1. The second-order valence-electron chi connectivity index (χ2n) is 6.60. The summed E-state index contributed by atoms with van der Waals surface area (Å²) in [7, 11) is 1.52. The highest BCUT2D eigenvalue weighted by Crippen LogP contribution is 2.41. The van der Waals surface area contributed by atoms with Crippen molar-refractivity contribution in [3.05, 3.63) is 35.4 Å². The fourth-order valence-corrected chi connectivity index (χ4v) is 3.67. The molecule has 5 heteroatoms. The Bertz CT molecular complexity index is 578. The molecule has 1 atom stereocenters. The molecule has 24 heavy (non-hydrogen) atoms. The number of nitrogens with one attached hydrogen (secondary N) is 1. The van der Waals surface area contributed by atoms with Crippen LogP contribution < -0.4 is 5.32 Å². The Morgan fingerprint density at radius 3 is 2.50 bits per heavy atom. The van der Waals surface area contributed by atoms with E-state index in [2.05, 4.69) is 5.32 Å². The number of carboxylic acid groups (broad SMARTS) is 1. The summed E-state index contributed by atoms with van der Waals surface area (Å²) < 4.78 is 4.96. The molecular formula is C19H27NO4. The molecule has 132 valence electrons. The van der Waals surface area contributed by atoms with E-state index in [1.54, 1.807) is 0 Å². The average molecular weight is 333 g/mol. The van der Waals surface area contributed by atoms with Crippen LogP contribution >= 0.6 is 0 Å². The van der Waals surface area contributed by atoms with Gasteiger partial charge in [-0.2, -0.15) is 0 Å². The van der Waals surface area contributed by atoms with Crippen LogP contribution in [0.3, 0.4) is 0 Å². The van der Waals surface area contributed by atoms with Crippen LogP contribution in [-0.4, -0.2) is 36.7 Å². The highest BCUT2D eigenvalue weighted by atomic mass is 16.5. The van der Waals surface area contributed by atoms with Gasteiger partial charge in [0, 0.05) is 20.1 Å². The van der Waals surface area contributed by atoms with Gasteiger partial charge in [-0.25, -0.2) is 4.79 Å². The summed E-state index contributed by atoms with van der Waals surface area (Å²) >= 11 is 0. The Kier molecular flexibility index (Phi) is 6.37. The summed E-state index contributed by atoms with van der Waals surface area (Å²) in [5, 5.41) is 12.2. The summed E-state index contributed by atoms with van der Waals surface area (Å²) in [6.07, 6.45) is 4.88. The molecule has 0 bridgehead atoms. The lowest BCUT2D eigenvalue weighted by Gasteiger charge is -2.38. The van der Waals surface area contributed by atoms with Crippen molar-refractivity contribution >= 4 is 11.9 Å². The quantitative estimate of drug-likeness (QED) is 0.804. The molecule has 0 heterocycles. The van der Waals surface area contributed by atoms with E-state index < -0.39 is 17.4 Å². The summed E-state index contributed by atoms with van der Waals surface area (Å²) in [6.45, 7) is 2.31. The van der Waals surface area contributed by atoms with Gasteiger partial charge in [-0.15, -0.1) is 0 Å². The zero-order chi connectivity index (χ0) is 17.6. The second kappa shape index (κ2) is 8.29. The molecule has 1 unspecified atom stereocenters. The minimum absolute atomic E-state index is 0.167. The Morgan fingerprint density at radius 2 is 1.92 bits per heavy atom. The number of carboxylic acids is 1. The van der Waals surface area contributed by atoms with Crippen molar-refractivity contribution in [1.29, 1.82) is 0 Å². The van der Waals surface area contributed by atoms with Crippen molar-refractivity contribution in [3.8, 4) is 0 Å². The second-order valence-corrected chi connectivity index (χ2v) is 6.60. The summed E-state index contributed by atoms with van der Waals surface area (Å²) in [5.74, 6) is -1.18. The minimum atomic E-state index is -1.02. The first-order valence-electron chi connectivity index (χ1n) is 8.60. The summed E-state index contributed by atoms with van der Waals surface area (Å²) in [5.41, 5.74) is 1.49. The number of methoxy groups -OCH3 is 1. The minimum Gasteiger partial charge on any atom is -0.480 e. The molecule has 0 radical (unpaired) electrons. The molecule has 1 saturated carbocycles. The molecular weight excluding hydrogens is 306 g/mol. The number of carbonyl (C=O) groups is 2. The molecule has 1 aliphatic carbocycles. The molecule has 1 amide bonds. The van der Waals surface area contributed by atoms with Gasteiger partial charge in [0.05, 0.1) is 5.41 Å². The lowest BCUT2D eigenvalue weighted by molar-refractivity contribution is -0.143. The number of amides is 1. The summed E-state index contributed by atoms with van der Waals surface area (Å²) in [6, 6.07) is 7.02. The van der Waals surface area contributed by atoms with Crippen molar-refractivity contribution in [2.24, 2.45) is 0 Å². The van der Waals surface area contributed by atoms with E-state index in [9.17, 15) is 14.7 Å². The number of rotatable bonds is 7. The van der Waals surface area contributed by atoms with Crippen LogP contribution in [0.5, 0.6) is 0 Å². The highest BCUT2D eigenvalue weighted by Gasteiger charge is 2.43. The van der Waals surface area contributed by atoms with E-state index in [0.717, 1.165) is 43.2 Å². The van der Waals surface area contributed by atoms with Gasteiger partial charge >= 0.3 is 5.97 Å². The van der Waals surface area contributed by atoms with Gasteiger partial charge in [0.15, 0.2) is 0 Å². The fourth-order valence-electron chi connectivity index (χ4n) is 3.67. The van der Waals surface area contributed by atoms with E-state index in [4.69, 9.17) is 4.74 Å². The fraction of sp³-hybridized carbons (Fsp3) is 0.579. The number of aliphatic carboxylic acids is 1. The zero-order valence-electron chi connectivity index (χ0n) is 14.5. The smallest absolute Gasteiger partial charge is 0.326 e. The Morgan fingerprint density at radius 1 is 1.25 bits per heavy atom. The van der Waals surface area contributed by atoms with Gasteiger partial charge in [0.25, 0.3) is 0 Å². The van der Waals surface area contributed by atoms with Crippen LogP contribution in [0.15, 0.2) is 24.3 Å². The standard InChI is InChI=1S/C19H27NO4/c1-14-8-4-5-9-15(14)19(11-6-3-7-12-19)18(23)20-16(17(21)22)10-13-24-2/h4-5,8-9,16H,3,6-7,10-13H2,1-2H3,(H,20,23)(H,21,22). The Labute approximate surface area is 143 Å². The first-order chi connectivity index (χ1) is 11.5. The number of hydrogen-bond donors (Lipinski definition) is 2. The first-order valence-corrected chi connectivity index (χ1v) is 8.60. The lowest BCUT2D eigenvalue weighted by atomic mass is 9.67. The first kappa shape index (κ1) is 18.5. The van der Waals surface area contributed by atoms with Crippen LogP contribution in [0.4, 0.5) is 0 Å². The number of hydrogen-bond acceptors (Lipinski definition) is 3. The largest absolute Gasteiger partial charge is 0.480 e. The van der Waals surface area contributed by atoms with Gasteiger partial charge in [0.2, 0.25) is 5.91 Å². The molecule has 0 aliphatic heterocycles. The lowest BCUT2D eigenvalue weighted by Crippen LogP contribution is -2.52. The van der Waals surface area contributed by atoms with E-state index in [1.807, 2.05) is 31.2 Å². The van der Waals surface area contributed by atoms with Crippen LogP contribution in [0, 0.1) is 6.92 Å². The third-order valence-corrected chi connectivity index (χ3v) is 5.02. The topological polar surface area (TPSA) is 75.6 Å². The monoisotopic (exact) mass is 333 g/mol.